The first-order chi connectivity index (χ1) is 22.2. The molecule has 10 nitrogen and oxygen atoms in total. The molecule has 0 saturated carbocycles. The number of benzene rings is 2. The van der Waals surface area contributed by atoms with Crippen LogP contribution in [0.2, 0.25) is 0 Å². The van der Waals surface area contributed by atoms with E-state index in [2.05, 4.69) is 15.4 Å². The Hall–Kier alpha value is -3.95. The fraction of sp³-hybridized carbons (Fsp3) is 0.485. The average molecular weight is 720 g/mol. The maximum Gasteiger partial charge on any atom is 0.573 e. The summed E-state index contributed by atoms with van der Waals surface area (Å²) < 4.78 is 80.1. The lowest BCUT2D eigenvalue weighted by Crippen LogP contribution is -2.47. The lowest BCUT2D eigenvalue weighted by molar-refractivity contribution is -0.274. The molecule has 4 rings (SSSR count). The molecule has 0 bridgehead atoms. The smallest absolute Gasteiger partial charge is 0.405 e. The number of nitrogens with one attached hydrogen (secondary N) is 2. The van der Waals surface area contributed by atoms with E-state index < -0.39 is 47.5 Å². The number of nitrogens with two attached hydrogens (primary N) is 1. The first-order valence-electron chi connectivity index (χ1n) is 15.1. The van der Waals surface area contributed by atoms with Crippen LogP contribution in [0.4, 0.5) is 22.0 Å². The topological polar surface area (TPSA) is 128 Å². The predicted molar refractivity (Wildman–Crippen MR) is 176 cm³/mol. The number of likely N-dealkylation sites (tertiary alicyclic amines) is 1. The summed E-state index contributed by atoms with van der Waals surface area (Å²) in [6, 6.07) is 5.41. The Morgan fingerprint density at radius 2 is 1.69 bits per heavy atom. The number of carbonyl (C=O) groups excluding carboxylic acids is 3. The van der Waals surface area contributed by atoms with E-state index in [0.717, 1.165) is 12.1 Å². The number of amides is 3. The average Bonchev–Trinajstić information content (AvgIpc) is 3.43. The zero-order valence-electron chi connectivity index (χ0n) is 26.7. The molecule has 2 aromatic carbocycles. The SMILES string of the molecule is C.COCCn1cc(C(=O)N2CCC(c3cc(CNC(=O)CNC(=O)[C@@H](N)C(C)C)ccc3F)CC2)c2c(OC(F)(F)F)ccc(F)c21.Cl. The van der Waals surface area contributed by atoms with Gasteiger partial charge >= 0.3 is 6.36 Å². The Kier molecular flexibility index (Phi) is 14.8. The molecule has 272 valence electrons. The zero-order chi connectivity index (χ0) is 34.5. The summed E-state index contributed by atoms with van der Waals surface area (Å²) in [4.78, 5) is 39.4. The van der Waals surface area contributed by atoms with Gasteiger partial charge in [-0.15, -0.1) is 25.6 Å². The Balaban J connectivity index is 0.00000417. The molecule has 1 aliphatic rings. The fourth-order valence-corrected chi connectivity index (χ4v) is 5.54. The van der Waals surface area contributed by atoms with Crippen molar-refractivity contribution < 1.29 is 45.8 Å². The molecule has 3 amide bonds. The molecule has 3 aromatic rings. The molecule has 2 heterocycles. The fourth-order valence-electron chi connectivity index (χ4n) is 5.54. The number of nitrogens with zero attached hydrogens (tertiary/aromatic N) is 2. The molecule has 1 aliphatic heterocycles. The zero-order valence-corrected chi connectivity index (χ0v) is 27.5. The molecule has 0 aliphatic carbocycles. The molecule has 0 unspecified atom stereocenters. The van der Waals surface area contributed by atoms with Crippen molar-refractivity contribution in [1.29, 1.82) is 0 Å². The van der Waals surface area contributed by atoms with Gasteiger partial charge in [0.05, 0.1) is 35.7 Å². The van der Waals surface area contributed by atoms with Gasteiger partial charge in [0.2, 0.25) is 11.8 Å². The van der Waals surface area contributed by atoms with Crippen LogP contribution in [0.25, 0.3) is 10.9 Å². The maximum absolute atomic E-state index is 14.9. The lowest BCUT2D eigenvalue weighted by atomic mass is 9.88. The standard InChI is InChI=1S/C32H38F5N5O5.CH4.ClH/c1-18(2)28(38)30(44)40-16-26(43)39-15-19-4-5-23(33)21(14-19)20-8-10-41(11-9-20)31(45)22-17-42(12-13-46-3)29-24(34)6-7-25(27(22)29)47-32(35,36)37;;/h4-7,14,17-18,20,28H,8-13,15-16,38H2,1-3H3,(H,39,43)(H,40,44);1H4;1H/t28-;;/m0../s1. The summed E-state index contributed by atoms with van der Waals surface area (Å²) >= 11 is 0. The Bertz CT molecular complexity index is 1610. The molecule has 1 saturated heterocycles. The van der Waals surface area contributed by atoms with Crippen LogP contribution in [0.3, 0.4) is 0 Å². The number of rotatable bonds is 12. The summed E-state index contributed by atoms with van der Waals surface area (Å²) in [5.74, 6) is -3.85. The highest BCUT2D eigenvalue weighted by molar-refractivity contribution is 6.09. The Labute approximate surface area is 287 Å². The highest BCUT2D eigenvalue weighted by Gasteiger charge is 2.35. The molecule has 49 heavy (non-hydrogen) atoms. The van der Waals surface area contributed by atoms with Gasteiger partial charge in [-0.3, -0.25) is 14.4 Å². The minimum absolute atomic E-state index is 0. The minimum Gasteiger partial charge on any atom is -0.405 e. The van der Waals surface area contributed by atoms with Crippen LogP contribution in [-0.4, -0.2) is 72.9 Å². The van der Waals surface area contributed by atoms with Gasteiger partial charge in [0.15, 0.2) is 0 Å². The third kappa shape index (κ3) is 10.3. The van der Waals surface area contributed by atoms with Crippen molar-refractivity contribution in [3.63, 3.8) is 0 Å². The summed E-state index contributed by atoms with van der Waals surface area (Å²) in [5.41, 5.74) is 6.44. The van der Waals surface area contributed by atoms with Crippen LogP contribution in [0.5, 0.6) is 5.75 Å². The van der Waals surface area contributed by atoms with Crippen molar-refractivity contribution >= 4 is 41.0 Å². The van der Waals surface area contributed by atoms with Crippen LogP contribution in [0.15, 0.2) is 36.5 Å². The predicted octanol–water partition coefficient (Wildman–Crippen LogP) is 5.26. The van der Waals surface area contributed by atoms with Gasteiger partial charge in [-0.05, 0) is 54.0 Å². The van der Waals surface area contributed by atoms with Crippen LogP contribution < -0.4 is 21.1 Å². The van der Waals surface area contributed by atoms with Crippen molar-refractivity contribution in [2.45, 2.75) is 65.5 Å². The van der Waals surface area contributed by atoms with Crippen molar-refractivity contribution in [2.75, 3.05) is 33.4 Å². The molecule has 1 fully saturated rings. The second-order valence-electron chi connectivity index (χ2n) is 11.7. The largest absolute Gasteiger partial charge is 0.573 e. The number of halogens is 6. The van der Waals surface area contributed by atoms with Crippen molar-refractivity contribution in [3.8, 4) is 5.75 Å². The normalized spacial score (nSPS) is 14.2. The monoisotopic (exact) mass is 719 g/mol. The maximum atomic E-state index is 14.9. The van der Waals surface area contributed by atoms with Gasteiger partial charge in [-0.2, -0.15) is 0 Å². The summed E-state index contributed by atoms with van der Waals surface area (Å²) in [7, 11) is 1.41. The number of fused-ring (bicyclic) bond motifs is 1. The number of hydrogen-bond donors (Lipinski definition) is 3. The number of alkyl halides is 3. The molecule has 1 aromatic heterocycles. The van der Waals surface area contributed by atoms with E-state index >= 15 is 0 Å². The van der Waals surface area contributed by atoms with Gasteiger partial charge in [-0.1, -0.05) is 33.4 Å². The number of hydrogen-bond acceptors (Lipinski definition) is 6. The second-order valence-corrected chi connectivity index (χ2v) is 11.7. The van der Waals surface area contributed by atoms with Crippen LogP contribution in [0.1, 0.15) is 61.5 Å². The van der Waals surface area contributed by atoms with Gasteiger partial charge < -0.3 is 35.3 Å². The first-order valence-corrected chi connectivity index (χ1v) is 15.1. The van der Waals surface area contributed by atoms with Crippen LogP contribution in [-0.2, 0) is 27.4 Å². The van der Waals surface area contributed by atoms with Crippen LogP contribution >= 0.6 is 12.4 Å². The van der Waals surface area contributed by atoms with Gasteiger partial charge in [0.1, 0.15) is 17.4 Å². The summed E-state index contributed by atoms with van der Waals surface area (Å²) in [6.07, 6.45) is -3.07. The van der Waals surface area contributed by atoms with E-state index in [1.165, 1.54) is 34.9 Å². The number of methoxy groups -OCH3 is 1. The third-order valence-electron chi connectivity index (χ3n) is 8.14. The minimum atomic E-state index is -5.07. The van der Waals surface area contributed by atoms with Gasteiger partial charge in [0.25, 0.3) is 5.91 Å². The van der Waals surface area contributed by atoms with Gasteiger partial charge in [-0.25, -0.2) is 8.78 Å². The van der Waals surface area contributed by atoms with Gasteiger partial charge in [0, 0.05) is 39.5 Å². The number of piperidine rings is 1. The van der Waals surface area contributed by atoms with E-state index in [-0.39, 0.29) is 87.5 Å². The van der Waals surface area contributed by atoms with E-state index in [0.29, 0.717) is 24.0 Å². The number of carbonyl (C=O) groups is 3. The van der Waals surface area contributed by atoms with Crippen molar-refractivity contribution in [3.05, 3.63) is 64.9 Å². The Morgan fingerprint density at radius 3 is 2.31 bits per heavy atom. The molecule has 0 radical (unpaired) electrons. The van der Waals surface area contributed by atoms with E-state index in [1.54, 1.807) is 19.9 Å². The highest BCUT2D eigenvalue weighted by Crippen LogP contribution is 2.38. The molecular weight excluding hydrogens is 677 g/mol. The molecule has 1 atom stereocenters. The summed E-state index contributed by atoms with van der Waals surface area (Å²) in [6.45, 7) is 3.92. The quantitative estimate of drug-likeness (QED) is 0.219. The van der Waals surface area contributed by atoms with Crippen molar-refractivity contribution in [1.82, 2.24) is 20.1 Å². The third-order valence-corrected chi connectivity index (χ3v) is 8.14. The summed E-state index contributed by atoms with van der Waals surface area (Å²) in [5, 5.41) is 4.86. The van der Waals surface area contributed by atoms with E-state index in [4.69, 9.17) is 10.5 Å². The molecule has 16 heteroatoms. The first kappa shape index (κ1) is 41.2. The van der Waals surface area contributed by atoms with Crippen molar-refractivity contribution in [2.24, 2.45) is 11.7 Å². The van der Waals surface area contributed by atoms with E-state index in [1.807, 2.05) is 0 Å². The molecule has 4 N–H and O–H groups in total. The molecular formula is C33H43ClF5N5O5. The second kappa shape index (κ2) is 17.6. The highest BCUT2D eigenvalue weighted by atomic mass is 35.5. The van der Waals surface area contributed by atoms with E-state index in [9.17, 15) is 36.3 Å². The number of ether oxygens (including phenoxy) is 2. The van der Waals surface area contributed by atoms with Crippen LogP contribution in [0, 0.1) is 17.6 Å². The Morgan fingerprint density at radius 1 is 1.04 bits per heavy atom. The lowest BCUT2D eigenvalue weighted by Gasteiger charge is -2.32. The molecule has 0 spiro atoms. The number of aromatic nitrogens is 1.